The van der Waals surface area contributed by atoms with E-state index in [1.165, 1.54) is 11.8 Å². The average molecular weight is 286 g/mol. The molecule has 0 saturated carbocycles. The molecule has 4 nitrogen and oxygen atoms in total. The maximum Gasteiger partial charge on any atom is 0.226 e. The first-order valence-corrected chi connectivity index (χ1v) is 7.35. The lowest BCUT2D eigenvalue weighted by atomic mass is 9.89. The molecule has 1 aromatic carbocycles. The number of amides is 1. The fraction of sp³-hybridized carbons (Fsp3) is 0.412. The van der Waals surface area contributed by atoms with Crippen LogP contribution in [0, 0.1) is 11.8 Å². The highest BCUT2D eigenvalue weighted by Crippen LogP contribution is 2.16. The first-order chi connectivity index (χ1) is 10.1. The van der Waals surface area contributed by atoms with Crippen molar-refractivity contribution >= 4 is 5.91 Å². The van der Waals surface area contributed by atoms with Crippen LogP contribution in [0.3, 0.4) is 0 Å². The van der Waals surface area contributed by atoms with Gasteiger partial charge in [-0.3, -0.25) is 4.79 Å². The Morgan fingerprint density at radius 1 is 1.24 bits per heavy atom. The van der Waals surface area contributed by atoms with Crippen LogP contribution < -0.4 is 5.32 Å². The van der Waals surface area contributed by atoms with E-state index in [1.807, 2.05) is 6.07 Å². The predicted octanol–water partition coefficient (Wildman–Crippen LogP) is 2.85. The topological polar surface area (TPSA) is 55.1 Å². The highest BCUT2D eigenvalue weighted by Gasteiger charge is 2.15. The minimum atomic E-state index is -0.0115. The molecule has 0 spiro atoms. The number of benzene rings is 1. The quantitative estimate of drug-likeness (QED) is 0.851. The molecule has 21 heavy (non-hydrogen) atoms. The molecule has 4 heteroatoms. The third-order valence-electron chi connectivity index (χ3n) is 3.68. The van der Waals surface area contributed by atoms with Crippen LogP contribution in [0.25, 0.3) is 0 Å². The number of nitrogens with zero attached hydrogens (tertiary/aromatic N) is 1. The summed E-state index contributed by atoms with van der Waals surface area (Å²) in [5.74, 6) is 0.925. The Morgan fingerprint density at radius 2 is 2.00 bits per heavy atom. The van der Waals surface area contributed by atoms with Crippen molar-refractivity contribution in [1.29, 1.82) is 0 Å². The van der Waals surface area contributed by atoms with Gasteiger partial charge in [0, 0.05) is 12.6 Å². The van der Waals surface area contributed by atoms with Gasteiger partial charge in [-0.05, 0) is 23.8 Å². The smallest absolute Gasteiger partial charge is 0.226 e. The summed E-state index contributed by atoms with van der Waals surface area (Å²) < 4.78 is 4.73. The second kappa shape index (κ2) is 7.62. The van der Waals surface area contributed by atoms with Crippen LogP contribution >= 0.6 is 0 Å². The van der Waals surface area contributed by atoms with E-state index in [-0.39, 0.29) is 12.3 Å². The number of nitrogens with one attached hydrogen (secondary N) is 1. The van der Waals surface area contributed by atoms with Gasteiger partial charge in [0.1, 0.15) is 6.26 Å². The largest absolute Gasteiger partial charge is 0.364 e. The standard InChI is InChI=1S/C17H22N2O2/c1-13(2)15(10-14-6-4-3-5-7-14)12-18-17(20)11-16-8-9-21-19-16/h3-9,13,15H,10-12H2,1-2H3,(H,18,20)/t15-/m0/s1. The summed E-state index contributed by atoms with van der Waals surface area (Å²) in [5.41, 5.74) is 1.97. The molecule has 0 aliphatic carbocycles. The van der Waals surface area contributed by atoms with Crippen LogP contribution in [0.2, 0.25) is 0 Å². The summed E-state index contributed by atoms with van der Waals surface area (Å²) in [6, 6.07) is 12.1. The van der Waals surface area contributed by atoms with E-state index in [9.17, 15) is 4.79 Å². The summed E-state index contributed by atoms with van der Waals surface area (Å²) in [7, 11) is 0. The third kappa shape index (κ3) is 5.06. The van der Waals surface area contributed by atoms with E-state index in [2.05, 4.69) is 48.6 Å². The lowest BCUT2D eigenvalue weighted by molar-refractivity contribution is -0.120. The number of rotatable bonds is 7. The number of carbonyl (C=O) groups is 1. The van der Waals surface area contributed by atoms with Gasteiger partial charge in [0.15, 0.2) is 0 Å². The van der Waals surface area contributed by atoms with E-state index >= 15 is 0 Å². The second-order valence-corrected chi connectivity index (χ2v) is 5.67. The van der Waals surface area contributed by atoms with Crippen molar-refractivity contribution in [2.24, 2.45) is 11.8 Å². The van der Waals surface area contributed by atoms with E-state index in [0.717, 1.165) is 6.42 Å². The molecule has 1 N–H and O–H groups in total. The van der Waals surface area contributed by atoms with Crippen molar-refractivity contribution in [3.05, 3.63) is 53.9 Å². The summed E-state index contributed by atoms with van der Waals surface area (Å²) in [6.07, 6.45) is 2.73. The van der Waals surface area contributed by atoms with E-state index in [1.54, 1.807) is 6.07 Å². The highest BCUT2D eigenvalue weighted by atomic mass is 16.5. The van der Waals surface area contributed by atoms with Crippen molar-refractivity contribution in [3.8, 4) is 0 Å². The molecule has 1 atom stereocenters. The van der Waals surface area contributed by atoms with Gasteiger partial charge in [0.2, 0.25) is 5.91 Å². The molecule has 0 radical (unpaired) electrons. The van der Waals surface area contributed by atoms with Crippen LogP contribution in [0.4, 0.5) is 0 Å². The minimum Gasteiger partial charge on any atom is -0.364 e. The summed E-state index contributed by atoms with van der Waals surface area (Å²) in [5, 5.41) is 6.75. The van der Waals surface area contributed by atoms with Crippen molar-refractivity contribution in [2.45, 2.75) is 26.7 Å². The minimum absolute atomic E-state index is 0.0115. The normalized spacial score (nSPS) is 12.3. The molecular formula is C17H22N2O2. The van der Waals surface area contributed by atoms with Gasteiger partial charge < -0.3 is 9.84 Å². The molecule has 112 valence electrons. The molecule has 0 saturated heterocycles. The predicted molar refractivity (Wildman–Crippen MR) is 81.7 cm³/mol. The zero-order valence-corrected chi connectivity index (χ0v) is 12.6. The van der Waals surface area contributed by atoms with Gasteiger partial charge in [-0.25, -0.2) is 0 Å². The summed E-state index contributed by atoms with van der Waals surface area (Å²) >= 11 is 0. The van der Waals surface area contributed by atoms with Gasteiger partial charge in [-0.1, -0.05) is 49.3 Å². The molecule has 0 aliphatic heterocycles. The van der Waals surface area contributed by atoms with Crippen molar-refractivity contribution in [1.82, 2.24) is 10.5 Å². The van der Waals surface area contributed by atoms with Crippen molar-refractivity contribution < 1.29 is 9.32 Å². The van der Waals surface area contributed by atoms with Crippen LogP contribution in [0.5, 0.6) is 0 Å². The van der Waals surface area contributed by atoms with E-state index in [0.29, 0.717) is 24.1 Å². The molecule has 0 fully saturated rings. The summed E-state index contributed by atoms with van der Waals surface area (Å²) in [6.45, 7) is 5.07. The number of aromatic nitrogens is 1. The molecule has 2 aromatic rings. The van der Waals surface area contributed by atoms with Gasteiger partial charge in [-0.15, -0.1) is 0 Å². The first kappa shape index (κ1) is 15.3. The fourth-order valence-electron chi connectivity index (χ4n) is 2.26. The number of hydrogen-bond donors (Lipinski definition) is 1. The van der Waals surface area contributed by atoms with Crippen LogP contribution in [-0.2, 0) is 17.6 Å². The molecule has 0 unspecified atom stereocenters. The molecule has 1 heterocycles. The molecule has 1 amide bonds. The Morgan fingerprint density at radius 3 is 2.62 bits per heavy atom. The molecule has 0 bridgehead atoms. The van der Waals surface area contributed by atoms with Crippen LogP contribution in [-0.4, -0.2) is 17.6 Å². The van der Waals surface area contributed by atoms with Crippen LogP contribution in [0.15, 0.2) is 47.2 Å². The molecular weight excluding hydrogens is 264 g/mol. The Balaban J connectivity index is 1.84. The zero-order valence-electron chi connectivity index (χ0n) is 12.6. The number of hydrogen-bond acceptors (Lipinski definition) is 3. The highest BCUT2D eigenvalue weighted by molar-refractivity contribution is 5.77. The monoisotopic (exact) mass is 286 g/mol. The average Bonchev–Trinajstić information content (AvgIpc) is 2.97. The van der Waals surface area contributed by atoms with Crippen LogP contribution in [0.1, 0.15) is 25.1 Å². The van der Waals surface area contributed by atoms with E-state index in [4.69, 9.17) is 4.52 Å². The van der Waals surface area contributed by atoms with Crippen molar-refractivity contribution in [3.63, 3.8) is 0 Å². The molecule has 1 aromatic heterocycles. The first-order valence-electron chi connectivity index (χ1n) is 7.35. The molecule has 2 rings (SSSR count). The Labute approximate surface area is 125 Å². The van der Waals surface area contributed by atoms with Crippen molar-refractivity contribution in [2.75, 3.05) is 6.54 Å². The zero-order chi connectivity index (χ0) is 15.1. The van der Waals surface area contributed by atoms with Gasteiger partial charge >= 0.3 is 0 Å². The maximum absolute atomic E-state index is 11.9. The Kier molecular flexibility index (Phi) is 5.55. The third-order valence-corrected chi connectivity index (χ3v) is 3.68. The lowest BCUT2D eigenvalue weighted by Gasteiger charge is -2.21. The molecule has 0 aliphatic rings. The maximum atomic E-state index is 11.9. The Bertz CT molecular complexity index is 535. The lowest BCUT2D eigenvalue weighted by Crippen LogP contribution is -2.33. The fourth-order valence-corrected chi connectivity index (χ4v) is 2.26. The van der Waals surface area contributed by atoms with Gasteiger partial charge in [0.25, 0.3) is 0 Å². The van der Waals surface area contributed by atoms with Gasteiger partial charge in [0.05, 0.1) is 12.1 Å². The summed E-state index contributed by atoms with van der Waals surface area (Å²) in [4.78, 5) is 11.9. The second-order valence-electron chi connectivity index (χ2n) is 5.67. The SMILES string of the molecule is CC(C)[C@H](CNC(=O)Cc1ccon1)Cc1ccccc1. The number of carbonyl (C=O) groups excluding carboxylic acids is 1. The van der Waals surface area contributed by atoms with Gasteiger partial charge in [-0.2, -0.15) is 0 Å². The Hall–Kier alpha value is -2.10. The van der Waals surface area contributed by atoms with E-state index < -0.39 is 0 Å².